The highest BCUT2D eigenvalue weighted by Gasteiger charge is 2.21. The fourth-order valence-corrected chi connectivity index (χ4v) is 2.07. The summed E-state index contributed by atoms with van der Waals surface area (Å²) in [6, 6.07) is 6.46. The molecule has 0 aliphatic rings. The molecule has 2 aromatic rings. The van der Waals surface area contributed by atoms with Crippen molar-refractivity contribution in [2.45, 2.75) is 6.42 Å². The number of aliphatic carboxylic acids is 1. The first-order valence-electron chi connectivity index (χ1n) is 5.74. The number of pyridine rings is 1. The molecular formula is C13H9BrN2O5. The van der Waals surface area contributed by atoms with Crippen molar-refractivity contribution in [2.24, 2.45) is 0 Å². The van der Waals surface area contributed by atoms with Crippen molar-refractivity contribution in [2.75, 3.05) is 0 Å². The fourth-order valence-electron chi connectivity index (χ4n) is 1.67. The molecule has 0 amide bonds. The summed E-state index contributed by atoms with van der Waals surface area (Å²) in [6.45, 7) is 0. The van der Waals surface area contributed by atoms with Gasteiger partial charge >= 0.3 is 11.7 Å². The van der Waals surface area contributed by atoms with Crippen LogP contribution >= 0.6 is 15.9 Å². The lowest BCUT2D eigenvalue weighted by Gasteiger charge is -2.11. The number of halogens is 1. The average molecular weight is 353 g/mol. The second kappa shape index (κ2) is 6.31. The Labute approximate surface area is 127 Å². The summed E-state index contributed by atoms with van der Waals surface area (Å²) in [5, 5.41) is 19.9. The van der Waals surface area contributed by atoms with Crippen molar-refractivity contribution < 1.29 is 19.6 Å². The van der Waals surface area contributed by atoms with E-state index in [1.54, 1.807) is 24.3 Å². The van der Waals surface area contributed by atoms with Gasteiger partial charge < -0.3 is 9.84 Å². The molecule has 8 heteroatoms. The molecule has 0 saturated heterocycles. The minimum atomic E-state index is -1.02. The summed E-state index contributed by atoms with van der Waals surface area (Å²) in [5.41, 5.74) is 0.109. The molecule has 0 spiro atoms. The third-order valence-corrected chi connectivity index (χ3v) is 3.12. The van der Waals surface area contributed by atoms with Crippen LogP contribution < -0.4 is 4.74 Å². The van der Waals surface area contributed by atoms with Crippen LogP contribution in [0.5, 0.6) is 11.5 Å². The van der Waals surface area contributed by atoms with Crippen molar-refractivity contribution in [3.05, 3.63) is 56.8 Å². The summed E-state index contributed by atoms with van der Waals surface area (Å²) in [7, 11) is 0. The zero-order valence-corrected chi connectivity index (χ0v) is 12.1. The van der Waals surface area contributed by atoms with E-state index < -0.39 is 10.9 Å². The maximum absolute atomic E-state index is 11.0. The molecule has 1 aromatic carbocycles. The molecule has 0 unspecified atom stereocenters. The van der Waals surface area contributed by atoms with Gasteiger partial charge in [-0.15, -0.1) is 0 Å². The van der Waals surface area contributed by atoms with Crippen molar-refractivity contribution in [1.82, 2.24) is 4.98 Å². The molecule has 1 N–H and O–H groups in total. The molecule has 0 aliphatic heterocycles. The van der Waals surface area contributed by atoms with Gasteiger partial charge in [0.15, 0.2) is 0 Å². The number of carboxylic acid groups (broad SMARTS) is 1. The Hall–Kier alpha value is -2.48. The molecule has 0 radical (unpaired) electrons. The van der Waals surface area contributed by atoms with E-state index in [0.29, 0.717) is 10.0 Å². The van der Waals surface area contributed by atoms with Crippen molar-refractivity contribution in [1.29, 1.82) is 0 Å². The number of nitrogens with zero attached hydrogens (tertiary/aromatic N) is 2. The molecule has 0 atom stereocenters. The van der Waals surface area contributed by atoms with E-state index in [1.165, 1.54) is 6.20 Å². The highest BCUT2D eigenvalue weighted by molar-refractivity contribution is 9.10. The highest BCUT2D eigenvalue weighted by Crippen LogP contribution is 2.38. The van der Waals surface area contributed by atoms with Gasteiger partial charge in [-0.05, 0) is 22.0 Å². The maximum Gasteiger partial charge on any atom is 0.330 e. The quantitative estimate of drug-likeness (QED) is 0.654. The second-order valence-corrected chi connectivity index (χ2v) is 4.86. The van der Waals surface area contributed by atoms with Crippen LogP contribution in [0.4, 0.5) is 5.69 Å². The van der Waals surface area contributed by atoms with Gasteiger partial charge in [0.05, 0.1) is 15.8 Å². The number of carbonyl (C=O) groups is 1. The Balaban J connectivity index is 2.44. The smallest absolute Gasteiger partial charge is 0.330 e. The van der Waals surface area contributed by atoms with Crippen LogP contribution in [-0.4, -0.2) is 21.0 Å². The molecule has 0 bridgehead atoms. The Morgan fingerprint density at radius 2 is 2.10 bits per heavy atom. The predicted molar refractivity (Wildman–Crippen MR) is 76.4 cm³/mol. The zero-order chi connectivity index (χ0) is 15.4. The Bertz CT molecular complexity index is 705. The summed E-state index contributed by atoms with van der Waals surface area (Å²) >= 11 is 3.14. The number of carboxylic acids is 1. The second-order valence-electron chi connectivity index (χ2n) is 4.01. The number of aromatic nitrogens is 1. The summed E-state index contributed by atoms with van der Waals surface area (Å²) in [6.07, 6.45) is 2.19. The molecule has 1 aromatic heterocycles. The molecule has 108 valence electrons. The van der Waals surface area contributed by atoms with Crippen LogP contribution in [0, 0.1) is 10.1 Å². The molecule has 2 rings (SSSR count). The van der Waals surface area contributed by atoms with Crippen LogP contribution in [-0.2, 0) is 11.2 Å². The zero-order valence-electron chi connectivity index (χ0n) is 10.5. The van der Waals surface area contributed by atoms with E-state index in [-0.39, 0.29) is 23.6 Å². The lowest BCUT2D eigenvalue weighted by molar-refractivity contribution is -0.386. The van der Waals surface area contributed by atoms with Gasteiger partial charge in [0.1, 0.15) is 11.9 Å². The SMILES string of the molecule is O=C(O)Cc1ccccc1Oc1c(Br)cncc1[N+](=O)[O-]. The van der Waals surface area contributed by atoms with Crippen LogP contribution in [0.25, 0.3) is 0 Å². The fraction of sp³-hybridized carbons (Fsp3) is 0.0769. The van der Waals surface area contributed by atoms with E-state index in [4.69, 9.17) is 9.84 Å². The number of benzene rings is 1. The lowest BCUT2D eigenvalue weighted by Crippen LogP contribution is -2.03. The predicted octanol–water partition coefficient (Wildman–Crippen LogP) is 3.17. The number of para-hydroxylation sites is 1. The van der Waals surface area contributed by atoms with Gasteiger partial charge in [0.2, 0.25) is 5.75 Å². The number of ether oxygens (including phenoxy) is 1. The topological polar surface area (TPSA) is 103 Å². The minimum Gasteiger partial charge on any atom is -0.481 e. The molecule has 0 aliphatic carbocycles. The summed E-state index contributed by atoms with van der Waals surface area (Å²) < 4.78 is 5.85. The largest absolute Gasteiger partial charge is 0.481 e. The van der Waals surface area contributed by atoms with E-state index in [0.717, 1.165) is 6.20 Å². The number of rotatable bonds is 5. The third kappa shape index (κ3) is 3.54. The molecule has 7 nitrogen and oxygen atoms in total. The molecule has 0 fully saturated rings. The first-order chi connectivity index (χ1) is 9.99. The lowest BCUT2D eigenvalue weighted by atomic mass is 10.1. The Morgan fingerprint density at radius 1 is 1.38 bits per heavy atom. The van der Waals surface area contributed by atoms with Gasteiger partial charge in [-0.25, -0.2) is 0 Å². The van der Waals surface area contributed by atoms with E-state index >= 15 is 0 Å². The molecule has 21 heavy (non-hydrogen) atoms. The Kier molecular flexibility index (Phi) is 4.49. The summed E-state index contributed by atoms with van der Waals surface area (Å²) in [5.74, 6) is -0.794. The normalized spacial score (nSPS) is 10.1. The molecule has 0 saturated carbocycles. The van der Waals surface area contributed by atoms with E-state index in [1.807, 2.05) is 0 Å². The van der Waals surface area contributed by atoms with Gasteiger partial charge in [-0.3, -0.25) is 19.9 Å². The molecule has 1 heterocycles. The van der Waals surface area contributed by atoms with Gasteiger partial charge in [0.25, 0.3) is 0 Å². The number of hydrogen-bond acceptors (Lipinski definition) is 5. The van der Waals surface area contributed by atoms with Crippen LogP contribution in [0.2, 0.25) is 0 Å². The minimum absolute atomic E-state index is 0.0205. The number of nitro groups is 1. The third-order valence-electron chi connectivity index (χ3n) is 2.56. The maximum atomic E-state index is 11.0. The standard InChI is InChI=1S/C13H9BrN2O5/c14-9-6-15-7-10(16(19)20)13(9)21-11-4-2-1-3-8(11)5-12(17)18/h1-4,6-7H,5H2,(H,17,18). The van der Waals surface area contributed by atoms with Gasteiger partial charge in [-0.2, -0.15) is 0 Å². The molecular weight excluding hydrogens is 344 g/mol. The average Bonchev–Trinajstić information content (AvgIpc) is 2.42. The first kappa shape index (κ1) is 14.9. The van der Waals surface area contributed by atoms with Crippen LogP contribution in [0.15, 0.2) is 41.1 Å². The Morgan fingerprint density at radius 3 is 2.76 bits per heavy atom. The van der Waals surface area contributed by atoms with Crippen molar-refractivity contribution in [3.63, 3.8) is 0 Å². The van der Waals surface area contributed by atoms with Crippen LogP contribution in [0.1, 0.15) is 5.56 Å². The van der Waals surface area contributed by atoms with Crippen LogP contribution in [0.3, 0.4) is 0 Å². The van der Waals surface area contributed by atoms with Gasteiger partial charge in [-0.1, -0.05) is 18.2 Å². The first-order valence-corrected chi connectivity index (χ1v) is 6.53. The highest BCUT2D eigenvalue weighted by atomic mass is 79.9. The van der Waals surface area contributed by atoms with Gasteiger partial charge in [0, 0.05) is 11.8 Å². The van der Waals surface area contributed by atoms with Crippen molar-refractivity contribution >= 4 is 27.6 Å². The van der Waals surface area contributed by atoms with E-state index in [2.05, 4.69) is 20.9 Å². The monoisotopic (exact) mass is 352 g/mol. The van der Waals surface area contributed by atoms with E-state index in [9.17, 15) is 14.9 Å². The summed E-state index contributed by atoms with van der Waals surface area (Å²) in [4.78, 5) is 24.9. The van der Waals surface area contributed by atoms with Crippen molar-refractivity contribution in [3.8, 4) is 11.5 Å². The number of hydrogen-bond donors (Lipinski definition) is 1.